The molecule has 104 valence electrons. The third-order valence-corrected chi connectivity index (χ3v) is 2.58. The van der Waals surface area contributed by atoms with E-state index in [1.165, 1.54) is 18.3 Å². The Morgan fingerprint density at radius 1 is 1.40 bits per heavy atom. The molecule has 2 N–H and O–H groups in total. The number of aromatic nitrogens is 1. The number of halogens is 1. The highest BCUT2D eigenvalue weighted by atomic mass is 19.1. The van der Waals surface area contributed by atoms with Crippen LogP contribution in [0.1, 0.15) is 18.7 Å². The molecule has 1 heterocycles. The first kappa shape index (κ1) is 13.9. The number of nitro groups is 1. The van der Waals surface area contributed by atoms with Gasteiger partial charge in [-0.2, -0.15) is 0 Å². The minimum absolute atomic E-state index is 0.106. The molecule has 1 aromatic heterocycles. The second kappa shape index (κ2) is 5.62. The van der Waals surface area contributed by atoms with Crippen molar-refractivity contribution in [2.75, 3.05) is 0 Å². The van der Waals surface area contributed by atoms with E-state index in [0.717, 1.165) is 6.07 Å². The van der Waals surface area contributed by atoms with E-state index in [9.17, 15) is 14.5 Å². The molecule has 2 rings (SSSR count). The van der Waals surface area contributed by atoms with Crippen LogP contribution in [-0.2, 0) is 0 Å². The van der Waals surface area contributed by atoms with Crippen molar-refractivity contribution in [3.05, 3.63) is 58.2 Å². The van der Waals surface area contributed by atoms with Crippen molar-refractivity contribution in [3.8, 4) is 11.5 Å². The molecule has 7 heteroatoms. The molecule has 0 radical (unpaired) electrons. The van der Waals surface area contributed by atoms with Gasteiger partial charge in [-0.25, -0.2) is 4.39 Å². The van der Waals surface area contributed by atoms with Crippen LogP contribution in [-0.4, -0.2) is 9.91 Å². The van der Waals surface area contributed by atoms with E-state index in [4.69, 9.17) is 10.5 Å². The lowest BCUT2D eigenvalue weighted by molar-refractivity contribution is -0.385. The van der Waals surface area contributed by atoms with Gasteiger partial charge in [0.25, 0.3) is 5.69 Å². The maximum atomic E-state index is 13.6. The summed E-state index contributed by atoms with van der Waals surface area (Å²) in [6, 6.07) is 6.24. The summed E-state index contributed by atoms with van der Waals surface area (Å²) >= 11 is 0. The number of hydrogen-bond donors (Lipinski definition) is 1. The maximum Gasteiger partial charge on any atom is 0.272 e. The summed E-state index contributed by atoms with van der Waals surface area (Å²) in [5, 5.41) is 10.5. The molecule has 0 bridgehead atoms. The molecule has 20 heavy (non-hydrogen) atoms. The van der Waals surface area contributed by atoms with E-state index in [2.05, 4.69) is 4.98 Å². The van der Waals surface area contributed by atoms with E-state index in [1.807, 2.05) is 0 Å². The molecule has 0 aliphatic carbocycles. The lowest BCUT2D eigenvalue weighted by Crippen LogP contribution is -2.06. The molecule has 0 saturated heterocycles. The number of nitro benzene ring substituents is 1. The summed E-state index contributed by atoms with van der Waals surface area (Å²) in [6.07, 6.45) is 1.42. The molecule has 0 amide bonds. The molecule has 1 atom stereocenters. The highest BCUT2D eigenvalue weighted by Crippen LogP contribution is 2.27. The van der Waals surface area contributed by atoms with E-state index in [0.29, 0.717) is 11.4 Å². The Morgan fingerprint density at radius 3 is 2.65 bits per heavy atom. The van der Waals surface area contributed by atoms with E-state index < -0.39 is 10.7 Å². The summed E-state index contributed by atoms with van der Waals surface area (Å²) in [6.45, 7) is 1.79. The van der Waals surface area contributed by atoms with Crippen LogP contribution < -0.4 is 10.5 Å². The second-order valence-electron chi connectivity index (χ2n) is 4.18. The van der Waals surface area contributed by atoms with Crippen LogP contribution >= 0.6 is 0 Å². The molecule has 6 nitrogen and oxygen atoms in total. The largest absolute Gasteiger partial charge is 0.453 e. The quantitative estimate of drug-likeness (QED) is 0.685. The van der Waals surface area contributed by atoms with Crippen molar-refractivity contribution in [1.29, 1.82) is 0 Å². The Hall–Kier alpha value is -2.54. The average Bonchev–Trinajstić information content (AvgIpc) is 2.41. The van der Waals surface area contributed by atoms with Crippen LogP contribution in [0.2, 0.25) is 0 Å². The SMILES string of the molecule is C[C@@H](N)c1ccc(Oc2ccc([N+](=O)[O-])cc2F)cn1. The number of rotatable bonds is 4. The number of nitrogens with zero attached hydrogens (tertiary/aromatic N) is 2. The molecule has 0 spiro atoms. The Morgan fingerprint density at radius 2 is 2.15 bits per heavy atom. The first-order valence-electron chi connectivity index (χ1n) is 5.80. The highest BCUT2D eigenvalue weighted by molar-refractivity contribution is 5.39. The fraction of sp³-hybridized carbons (Fsp3) is 0.154. The molecule has 0 aliphatic heterocycles. The van der Waals surface area contributed by atoms with Gasteiger partial charge in [0.15, 0.2) is 11.6 Å². The zero-order valence-electron chi connectivity index (χ0n) is 10.6. The van der Waals surface area contributed by atoms with Crippen molar-refractivity contribution < 1.29 is 14.1 Å². The topological polar surface area (TPSA) is 91.3 Å². The summed E-state index contributed by atoms with van der Waals surface area (Å²) in [7, 11) is 0. The number of nitrogens with two attached hydrogens (primary N) is 1. The van der Waals surface area contributed by atoms with Crippen molar-refractivity contribution in [2.24, 2.45) is 5.73 Å². The van der Waals surface area contributed by atoms with Crippen LogP contribution in [0.3, 0.4) is 0 Å². The summed E-state index contributed by atoms with van der Waals surface area (Å²) in [4.78, 5) is 13.9. The zero-order valence-corrected chi connectivity index (χ0v) is 10.6. The third kappa shape index (κ3) is 3.07. The predicted octanol–water partition coefficient (Wildman–Crippen LogP) is 2.94. The van der Waals surface area contributed by atoms with E-state index in [1.54, 1.807) is 19.1 Å². The minimum Gasteiger partial charge on any atom is -0.453 e. The van der Waals surface area contributed by atoms with Gasteiger partial charge < -0.3 is 10.5 Å². The van der Waals surface area contributed by atoms with Gasteiger partial charge in [0.2, 0.25) is 0 Å². The van der Waals surface area contributed by atoms with Gasteiger partial charge in [0, 0.05) is 12.1 Å². The first-order valence-corrected chi connectivity index (χ1v) is 5.80. The average molecular weight is 277 g/mol. The van der Waals surface area contributed by atoms with Crippen molar-refractivity contribution in [1.82, 2.24) is 4.98 Å². The molecule has 0 unspecified atom stereocenters. The van der Waals surface area contributed by atoms with Crippen molar-refractivity contribution >= 4 is 5.69 Å². The number of hydrogen-bond acceptors (Lipinski definition) is 5. The van der Waals surface area contributed by atoms with Gasteiger partial charge in [-0.1, -0.05) is 0 Å². The second-order valence-corrected chi connectivity index (χ2v) is 4.18. The van der Waals surface area contributed by atoms with Crippen LogP contribution in [0.4, 0.5) is 10.1 Å². The highest BCUT2D eigenvalue weighted by Gasteiger charge is 2.12. The standard InChI is InChI=1S/C13H12FN3O3/c1-8(15)12-4-3-10(7-16-12)20-13-5-2-9(17(18)19)6-11(13)14/h2-8H,15H2,1H3/t8-/m1/s1. The molecular weight excluding hydrogens is 265 g/mol. The normalized spacial score (nSPS) is 11.9. The Kier molecular flexibility index (Phi) is 3.90. The van der Waals surface area contributed by atoms with Crippen LogP contribution in [0.15, 0.2) is 36.5 Å². The van der Waals surface area contributed by atoms with Gasteiger partial charge in [-0.3, -0.25) is 15.1 Å². The van der Waals surface area contributed by atoms with E-state index >= 15 is 0 Å². The van der Waals surface area contributed by atoms with Gasteiger partial charge in [-0.15, -0.1) is 0 Å². The molecule has 0 saturated carbocycles. The summed E-state index contributed by atoms with van der Waals surface area (Å²) in [5.41, 5.74) is 6.01. The predicted molar refractivity (Wildman–Crippen MR) is 70.0 cm³/mol. The molecular formula is C13H12FN3O3. The Labute approximate surface area is 114 Å². The Balaban J connectivity index is 2.19. The van der Waals surface area contributed by atoms with Crippen LogP contribution in [0, 0.1) is 15.9 Å². The lowest BCUT2D eigenvalue weighted by atomic mass is 10.2. The maximum absolute atomic E-state index is 13.6. The summed E-state index contributed by atoms with van der Waals surface area (Å²) < 4.78 is 18.9. The van der Waals surface area contributed by atoms with E-state index in [-0.39, 0.29) is 17.5 Å². The number of benzene rings is 1. The molecule has 2 aromatic rings. The minimum atomic E-state index is -0.810. The molecule has 0 fully saturated rings. The van der Waals surface area contributed by atoms with Crippen LogP contribution in [0.25, 0.3) is 0 Å². The first-order chi connectivity index (χ1) is 9.47. The number of ether oxygens (including phenoxy) is 1. The van der Waals surface area contributed by atoms with Gasteiger partial charge in [0.1, 0.15) is 5.75 Å². The van der Waals surface area contributed by atoms with Crippen molar-refractivity contribution in [3.63, 3.8) is 0 Å². The lowest BCUT2D eigenvalue weighted by Gasteiger charge is -2.08. The number of non-ortho nitro benzene ring substituents is 1. The summed E-state index contributed by atoms with van der Waals surface area (Å²) in [5.74, 6) is -0.594. The number of pyridine rings is 1. The van der Waals surface area contributed by atoms with Gasteiger partial charge in [0.05, 0.1) is 22.9 Å². The smallest absolute Gasteiger partial charge is 0.272 e. The van der Waals surface area contributed by atoms with Crippen LogP contribution in [0.5, 0.6) is 11.5 Å². The van der Waals surface area contributed by atoms with Gasteiger partial charge >= 0.3 is 0 Å². The molecule has 1 aromatic carbocycles. The zero-order chi connectivity index (χ0) is 14.7. The fourth-order valence-electron chi connectivity index (χ4n) is 1.53. The monoisotopic (exact) mass is 277 g/mol. The fourth-order valence-corrected chi connectivity index (χ4v) is 1.53. The van der Waals surface area contributed by atoms with Crippen molar-refractivity contribution in [2.45, 2.75) is 13.0 Å². The van der Waals surface area contributed by atoms with Gasteiger partial charge in [-0.05, 0) is 25.1 Å². The Bertz CT molecular complexity index is 629. The molecule has 0 aliphatic rings. The third-order valence-electron chi connectivity index (χ3n) is 2.58.